The number of nitrogens with zero attached hydrogens (tertiary/aromatic N) is 1. The van der Waals surface area contributed by atoms with Gasteiger partial charge in [0.2, 0.25) is 0 Å². The lowest BCUT2D eigenvalue weighted by atomic mass is 9.96. The van der Waals surface area contributed by atoms with Gasteiger partial charge in [0.25, 0.3) is 0 Å². The zero-order chi connectivity index (χ0) is 29.2. The van der Waals surface area contributed by atoms with E-state index in [0.717, 1.165) is 48.4 Å². The Kier molecular flexibility index (Phi) is 15.9. The van der Waals surface area contributed by atoms with Crippen LogP contribution in [-0.2, 0) is 9.63 Å². The van der Waals surface area contributed by atoms with Crippen molar-refractivity contribution in [2.45, 2.75) is 110 Å². The van der Waals surface area contributed by atoms with Gasteiger partial charge in [-0.05, 0) is 37.5 Å². The van der Waals surface area contributed by atoms with E-state index in [9.17, 15) is 4.79 Å². The summed E-state index contributed by atoms with van der Waals surface area (Å²) in [5.74, 6) is 2.14. The zero-order valence-corrected chi connectivity index (χ0v) is 25.7. The third kappa shape index (κ3) is 9.90. The number of hydrogen-bond donors (Lipinski definition) is 0. The molecule has 0 aliphatic rings. The maximum Gasteiger partial charge on any atom is 0.335 e. The highest BCUT2D eigenvalue weighted by Crippen LogP contribution is 2.46. The number of unbranched alkanes of at least 4 members (excludes halogenated alkanes) is 11. The summed E-state index contributed by atoms with van der Waals surface area (Å²) >= 11 is 0. The molecule has 0 heterocycles. The van der Waals surface area contributed by atoms with Gasteiger partial charge in [0.05, 0.1) is 44.9 Å². The quantitative estimate of drug-likeness (QED) is 0.0660. The van der Waals surface area contributed by atoms with Crippen molar-refractivity contribution in [2.75, 3.05) is 28.4 Å². The summed E-state index contributed by atoms with van der Waals surface area (Å²) in [6, 6.07) is 5.59. The Morgan fingerprint density at radius 1 is 0.625 bits per heavy atom. The summed E-state index contributed by atoms with van der Waals surface area (Å²) in [6.45, 7) is 4.36. The number of fused-ring (bicyclic) bond motifs is 1. The summed E-state index contributed by atoms with van der Waals surface area (Å²) in [5, 5.41) is 5.87. The lowest BCUT2D eigenvalue weighted by Gasteiger charge is -2.19. The van der Waals surface area contributed by atoms with E-state index in [1.165, 1.54) is 51.4 Å². The number of ether oxygens (including phenoxy) is 4. The van der Waals surface area contributed by atoms with Crippen LogP contribution < -0.4 is 18.9 Å². The van der Waals surface area contributed by atoms with Crippen LogP contribution in [0.2, 0.25) is 0 Å². The standard InChI is InChI=1S/C33H51NO6/c1-7-9-11-12-13-14-15-16-17-19-20-26(34-40-30(35)21-18-10-8-2)25-24-29(38-5)31-27(36-3)22-23-28(37-4)32(31)33(25)39-6/h22-24H,7-21H2,1-6H3. The Balaban J connectivity index is 2.32. The van der Waals surface area contributed by atoms with Crippen LogP contribution in [0.25, 0.3) is 10.8 Å². The van der Waals surface area contributed by atoms with Crippen LogP contribution in [0.3, 0.4) is 0 Å². The summed E-state index contributed by atoms with van der Waals surface area (Å²) in [7, 11) is 6.49. The maximum absolute atomic E-state index is 12.4. The second kappa shape index (κ2) is 19.2. The molecule has 0 saturated heterocycles. The molecule has 224 valence electrons. The molecule has 0 unspecified atom stereocenters. The number of oxime groups is 1. The van der Waals surface area contributed by atoms with Gasteiger partial charge in [-0.15, -0.1) is 0 Å². The first-order chi connectivity index (χ1) is 19.6. The summed E-state index contributed by atoms with van der Waals surface area (Å²) in [4.78, 5) is 17.9. The van der Waals surface area contributed by atoms with Crippen molar-refractivity contribution in [1.82, 2.24) is 0 Å². The summed E-state index contributed by atoms with van der Waals surface area (Å²) in [5.41, 5.74) is 1.38. The van der Waals surface area contributed by atoms with Crippen LogP contribution >= 0.6 is 0 Å². The van der Waals surface area contributed by atoms with Crippen molar-refractivity contribution < 1.29 is 28.6 Å². The molecule has 0 atom stereocenters. The first-order valence-corrected chi connectivity index (χ1v) is 15.1. The minimum atomic E-state index is -0.319. The van der Waals surface area contributed by atoms with E-state index in [1.54, 1.807) is 28.4 Å². The van der Waals surface area contributed by atoms with Gasteiger partial charge in [-0.3, -0.25) is 0 Å². The maximum atomic E-state index is 12.4. The number of benzene rings is 2. The predicted molar refractivity (Wildman–Crippen MR) is 163 cm³/mol. The largest absolute Gasteiger partial charge is 0.496 e. The molecular formula is C33H51NO6. The van der Waals surface area contributed by atoms with E-state index in [-0.39, 0.29) is 5.97 Å². The highest BCUT2D eigenvalue weighted by molar-refractivity contribution is 6.12. The summed E-state index contributed by atoms with van der Waals surface area (Å²) < 4.78 is 23.1. The smallest absolute Gasteiger partial charge is 0.335 e. The van der Waals surface area contributed by atoms with E-state index in [4.69, 9.17) is 23.8 Å². The van der Waals surface area contributed by atoms with Crippen molar-refractivity contribution in [3.05, 3.63) is 23.8 Å². The van der Waals surface area contributed by atoms with Gasteiger partial charge in [-0.2, -0.15) is 0 Å². The zero-order valence-electron chi connectivity index (χ0n) is 25.7. The minimum absolute atomic E-state index is 0.319. The molecule has 0 amide bonds. The number of hydrogen-bond acceptors (Lipinski definition) is 7. The van der Waals surface area contributed by atoms with Crippen LogP contribution in [0.4, 0.5) is 0 Å². The molecule has 0 aliphatic heterocycles. The number of rotatable bonds is 21. The van der Waals surface area contributed by atoms with Crippen molar-refractivity contribution in [2.24, 2.45) is 5.16 Å². The highest BCUT2D eigenvalue weighted by Gasteiger charge is 2.24. The van der Waals surface area contributed by atoms with E-state index in [0.29, 0.717) is 41.6 Å². The SMILES string of the molecule is CCCCCCCCCCCCC(=NOC(=O)CCCCC)c1cc(OC)c2c(OC)ccc(OC)c2c1OC. The Hall–Kier alpha value is -2.96. The predicted octanol–water partition coefficient (Wildman–Crippen LogP) is 9.01. The minimum Gasteiger partial charge on any atom is -0.496 e. The number of carbonyl (C=O) groups is 1. The summed E-state index contributed by atoms with van der Waals surface area (Å²) in [6.07, 6.45) is 16.2. The van der Waals surface area contributed by atoms with Crippen molar-refractivity contribution in [3.63, 3.8) is 0 Å². The molecule has 0 N–H and O–H groups in total. The molecule has 2 aromatic rings. The highest BCUT2D eigenvalue weighted by atomic mass is 16.7. The number of carbonyl (C=O) groups excluding carboxylic acids is 1. The van der Waals surface area contributed by atoms with E-state index in [1.807, 2.05) is 18.2 Å². The fourth-order valence-electron chi connectivity index (χ4n) is 5.05. The first-order valence-electron chi connectivity index (χ1n) is 15.1. The molecule has 2 aromatic carbocycles. The lowest BCUT2D eigenvalue weighted by molar-refractivity contribution is -0.143. The molecule has 2 rings (SSSR count). The molecule has 0 spiro atoms. The Morgan fingerprint density at radius 3 is 1.68 bits per heavy atom. The molecular weight excluding hydrogens is 506 g/mol. The van der Waals surface area contributed by atoms with Gasteiger partial charge >= 0.3 is 5.97 Å². The lowest BCUT2D eigenvalue weighted by Crippen LogP contribution is -2.09. The fraction of sp³-hybridized carbons (Fsp3) is 0.636. The molecule has 7 heteroatoms. The molecule has 0 aromatic heterocycles. The van der Waals surface area contributed by atoms with E-state index < -0.39 is 0 Å². The molecule has 40 heavy (non-hydrogen) atoms. The van der Waals surface area contributed by atoms with Crippen molar-refractivity contribution in [3.8, 4) is 23.0 Å². The van der Waals surface area contributed by atoms with Gasteiger partial charge < -0.3 is 23.8 Å². The van der Waals surface area contributed by atoms with Gasteiger partial charge in [-0.25, -0.2) is 4.79 Å². The Labute approximate surface area is 241 Å². The number of methoxy groups -OCH3 is 4. The van der Waals surface area contributed by atoms with Crippen LogP contribution in [0, 0.1) is 0 Å². The normalized spacial score (nSPS) is 11.5. The monoisotopic (exact) mass is 557 g/mol. The van der Waals surface area contributed by atoms with Gasteiger partial charge in [0, 0.05) is 12.0 Å². The third-order valence-corrected chi connectivity index (χ3v) is 7.31. The van der Waals surface area contributed by atoms with E-state index in [2.05, 4.69) is 19.0 Å². The Bertz CT molecular complexity index is 1060. The molecule has 0 saturated carbocycles. The van der Waals surface area contributed by atoms with Gasteiger partial charge in [0.1, 0.15) is 23.0 Å². The average molecular weight is 558 g/mol. The molecule has 0 radical (unpaired) electrons. The van der Waals surface area contributed by atoms with Gasteiger partial charge in [-0.1, -0.05) is 89.6 Å². The average Bonchev–Trinajstić information content (AvgIpc) is 2.98. The van der Waals surface area contributed by atoms with Crippen LogP contribution in [-0.4, -0.2) is 40.1 Å². The van der Waals surface area contributed by atoms with Crippen molar-refractivity contribution in [1.29, 1.82) is 0 Å². The van der Waals surface area contributed by atoms with Gasteiger partial charge in [0.15, 0.2) is 0 Å². The van der Waals surface area contributed by atoms with Crippen LogP contribution in [0.15, 0.2) is 23.4 Å². The Morgan fingerprint density at radius 2 is 1.12 bits per heavy atom. The second-order valence-corrected chi connectivity index (χ2v) is 10.3. The second-order valence-electron chi connectivity index (χ2n) is 10.3. The first kappa shape index (κ1) is 33.2. The van der Waals surface area contributed by atoms with E-state index >= 15 is 0 Å². The van der Waals surface area contributed by atoms with Crippen LogP contribution in [0.5, 0.6) is 23.0 Å². The third-order valence-electron chi connectivity index (χ3n) is 7.31. The molecule has 7 nitrogen and oxygen atoms in total. The molecule has 0 fully saturated rings. The fourth-order valence-corrected chi connectivity index (χ4v) is 5.05. The molecule has 0 aliphatic carbocycles. The van der Waals surface area contributed by atoms with Crippen molar-refractivity contribution >= 4 is 22.5 Å². The molecule has 0 bridgehead atoms. The van der Waals surface area contributed by atoms with Crippen LogP contribution in [0.1, 0.15) is 116 Å². The topological polar surface area (TPSA) is 75.6 Å².